The maximum Gasteiger partial charge on any atom is 0.0236 e. The van der Waals surface area contributed by atoms with Gasteiger partial charge in [-0.05, 0) is 188 Å². The molecule has 0 saturated carbocycles. The Bertz CT molecular complexity index is 1930. The zero-order valence-electron chi connectivity index (χ0n) is 77.4. The molecule has 0 aliphatic carbocycles. The molecule has 0 fully saturated rings. The molecule has 0 radical (unpaired) electrons. The summed E-state index contributed by atoms with van der Waals surface area (Å²) >= 11 is 0. The van der Waals surface area contributed by atoms with Crippen molar-refractivity contribution in [2.75, 3.05) is 0 Å². The molecule has 0 aromatic heterocycles. The van der Waals surface area contributed by atoms with Crippen LogP contribution >= 0.6 is 0 Å². The average molecular weight is 1230 g/mol. The zero-order valence-corrected chi connectivity index (χ0v) is 71.4. The third kappa shape index (κ3) is 122. The van der Waals surface area contributed by atoms with Gasteiger partial charge in [0.25, 0.3) is 0 Å². The lowest BCUT2D eigenvalue weighted by Gasteiger charge is -2.28. The van der Waals surface area contributed by atoms with Gasteiger partial charge in [-0.2, -0.15) is 0 Å². The normalized spacial score (nSPS) is 13.7. The van der Waals surface area contributed by atoms with Gasteiger partial charge in [0, 0.05) is 8.22 Å². The number of allylic oxidation sites excluding steroid dienone is 14. The Labute approximate surface area is 570 Å². The van der Waals surface area contributed by atoms with Crippen LogP contribution in [-0.2, 0) is 0 Å². The van der Waals surface area contributed by atoms with Crippen LogP contribution < -0.4 is 0 Å². The van der Waals surface area contributed by atoms with Gasteiger partial charge in [0.1, 0.15) is 0 Å². The second kappa shape index (κ2) is 50.7. The van der Waals surface area contributed by atoms with E-state index in [2.05, 4.69) is 355 Å². The summed E-state index contributed by atoms with van der Waals surface area (Å²) in [6.07, 6.45) is 20.8. The summed E-state index contributed by atoms with van der Waals surface area (Å²) < 4.78 is 43.6. The third-order valence-corrected chi connectivity index (χ3v) is 13.9. The molecule has 0 saturated heterocycles. The SMILES string of the molecule is C/C=C(/C)C(C)(C)C.C/C=C(/C)C(C)(C)C.C/C=C\C(C)(C)C.CC(C)=C(C)C(C)(C)C.CC(C)=C(C)C(C)(C)C.CC(C)=CC(C)(C)C.CC(C)=CC(C)(C)C.CCC(C)(C)CC.CCCC(C)(C)C.[2H]C([2H])([2H])C(C)(C)CC(C)(C)C.[2H]C([2H])([2H])C(C)(C)CCC. The Morgan fingerprint density at radius 2 is 0.575 bits per heavy atom. The first-order chi connectivity index (χ1) is 40.0. The highest BCUT2D eigenvalue weighted by atomic mass is 14.3. The van der Waals surface area contributed by atoms with Crippen LogP contribution in [0.25, 0.3) is 0 Å². The zero-order chi connectivity index (χ0) is 78.8. The van der Waals surface area contributed by atoms with Crippen LogP contribution in [0.2, 0.25) is 0 Å². The molecule has 0 aliphatic rings. The van der Waals surface area contributed by atoms with E-state index in [1.165, 1.54) is 70.3 Å². The fourth-order valence-electron chi connectivity index (χ4n) is 7.55. The molecule has 0 spiro atoms. The Balaban J connectivity index is -0.0000000887. The average Bonchev–Trinajstić information content (AvgIpc) is 0.913. The first-order valence-corrected chi connectivity index (χ1v) is 34.5. The van der Waals surface area contributed by atoms with Gasteiger partial charge in [-0.3, -0.25) is 0 Å². The van der Waals surface area contributed by atoms with Crippen LogP contribution in [0.15, 0.2) is 81.0 Å². The molecule has 0 heterocycles. The molecule has 0 unspecified atom stereocenters. The molecule has 87 heavy (non-hydrogen) atoms. The fourth-order valence-corrected chi connectivity index (χ4v) is 7.55. The number of rotatable bonds is 4. The van der Waals surface area contributed by atoms with Gasteiger partial charge in [-0.15, -0.1) is 0 Å². The van der Waals surface area contributed by atoms with Crippen LogP contribution in [0.3, 0.4) is 0 Å². The molecule has 0 bridgehead atoms. The highest BCUT2D eigenvalue weighted by Crippen LogP contribution is 2.33. The highest BCUT2D eigenvalue weighted by molar-refractivity contribution is 5.14. The summed E-state index contributed by atoms with van der Waals surface area (Å²) in [7, 11) is 0. The minimum absolute atomic E-state index is 0.0813. The van der Waals surface area contributed by atoms with E-state index in [1.54, 1.807) is 13.8 Å². The summed E-state index contributed by atoms with van der Waals surface area (Å²) in [5, 5.41) is 0. The van der Waals surface area contributed by atoms with E-state index in [1.807, 2.05) is 27.7 Å². The summed E-state index contributed by atoms with van der Waals surface area (Å²) in [4.78, 5) is 0. The topological polar surface area (TPSA) is 0 Å². The van der Waals surface area contributed by atoms with Crippen molar-refractivity contribution >= 4 is 0 Å². The van der Waals surface area contributed by atoms with Gasteiger partial charge in [-0.25, -0.2) is 0 Å². The summed E-state index contributed by atoms with van der Waals surface area (Å²) in [5.41, 5.74) is 14.3. The standard InChI is InChI=1S/C9H20.2C9H18.4C8H16.2C7H16.C7H14.C7H16/c1-8(2,3)7-9(4,5)6;2*1-7(2)8(3)9(4,5)6;2*1-7(2)6-8(3,4)5;2*1-6-7(2)8(3,4)5;3*1-5-6-7(2,3)4;1-5-7(3,4)6-2/h7H2,1-6H3;2*1-6H3;4*6H,1-5H3;2*5-6H2,1-4H3;5-6H,1-4H3;5-6H2,1-4H3/b;;;;;2*7-6-;;;6-5-;/i1D3;;;;;;;2D3;;;. The quantitative estimate of drug-likeness (QED) is 0.246. The molecular formula is C87H182. The molecule has 0 aliphatic heterocycles. The van der Waals surface area contributed by atoms with Crippen molar-refractivity contribution in [2.45, 2.75) is 419 Å². The fraction of sp³-hybridized carbons (Fsp3) is 0.839. The minimum Gasteiger partial charge on any atom is -0.0911 e. The summed E-state index contributed by atoms with van der Waals surface area (Å²) in [6.45, 7) is 109. The maximum atomic E-state index is 7.35. The van der Waals surface area contributed by atoms with Crippen molar-refractivity contribution in [3.05, 3.63) is 81.0 Å². The third-order valence-electron chi connectivity index (χ3n) is 13.9. The molecule has 0 heteroatoms. The first kappa shape index (κ1) is 93.9. The van der Waals surface area contributed by atoms with E-state index in [-0.39, 0.29) is 5.41 Å². The molecule has 0 nitrogen and oxygen atoms in total. The molecule has 530 valence electrons. The molecule has 0 aromatic carbocycles. The molecule has 0 rings (SSSR count). The lowest BCUT2D eigenvalue weighted by Crippen LogP contribution is -2.16. The van der Waals surface area contributed by atoms with Gasteiger partial charge in [0.15, 0.2) is 0 Å². The van der Waals surface area contributed by atoms with E-state index in [0.717, 1.165) is 19.3 Å². The van der Waals surface area contributed by atoms with Crippen LogP contribution in [0, 0.1) is 65.0 Å². The maximum absolute atomic E-state index is 7.35. The number of hydrogen-bond donors (Lipinski definition) is 0. The monoisotopic (exact) mass is 1230 g/mol. The van der Waals surface area contributed by atoms with E-state index in [0.29, 0.717) is 48.7 Å². The predicted octanol–water partition coefficient (Wildman–Crippen LogP) is 33.3. The van der Waals surface area contributed by atoms with Crippen molar-refractivity contribution in [3.8, 4) is 0 Å². The minimum atomic E-state index is -1.85. The Kier molecular flexibility index (Phi) is 54.7. The van der Waals surface area contributed by atoms with Gasteiger partial charge in [0.05, 0.1) is 0 Å². The Morgan fingerprint density at radius 3 is 0.598 bits per heavy atom. The molecular weight excluding hydrogens is 1040 g/mol. The molecule has 0 aromatic rings. The van der Waals surface area contributed by atoms with Crippen molar-refractivity contribution in [3.63, 3.8) is 0 Å². The summed E-state index contributed by atoms with van der Waals surface area (Å²) in [6, 6.07) is 0. The first-order valence-electron chi connectivity index (χ1n) is 37.5. The van der Waals surface area contributed by atoms with E-state index < -0.39 is 24.5 Å². The molecule has 0 N–H and O–H groups in total. The van der Waals surface area contributed by atoms with Gasteiger partial charge in [-0.1, -0.05) is 377 Å². The molecule has 0 amide bonds. The second-order valence-electron chi connectivity index (χ2n) is 37.7. The van der Waals surface area contributed by atoms with Crippen LogP contribution in [0.1, 0.15) is 427 Å². The van der Waals surface area contributed by atoms with Crippen molar-refractivity contribution in [1.29, 1.82) is 0 Å². The largest absolute Gasteiger partial charge is 0.0911 e. The summed E-state index contributed by atoms with van der Waals surface area (Å²) in [5.74, 6) is 0. The van der Waals surface area contributed by atoms with Crippen LogP contribution in [-0.4, -0.2) is 0 Å². The van der Waals surface area contributed by atoms with E-state index in [9.17, 15) is 0 Å². The van der Waals surface area contributed by atoms with Crippen molar-refractivity contribution < 1.29 is 8.22 Å². The smallest absolute Gasteiger partial charge is 0.0236 e. The molecule has 0 atom stereocenters. The predicted molar refractivity (Wildman–Crippen MR) is 423 cm³/mol. The lowest BCUT2D eigenvalue weighted by molar-refractivity contribution is 0.233. The van der Waals surface area contributed by atoms with Gasteiger partial charge >= 0.3 is 0 Å². The van der Waals surface area contributed by atoms with E-state index in [4.69, 9.17) is 8.22 Å². The van der Waals surface area contributed by atoms with Crippen LogP contribution in [0.4, 0.5) is 0 Å². The van der Waals surface area contributed by atoms with E-state index >= 15 is 0 Å². The van der Waals surface area contributed by atoms with Gasteiger partial charge < -0.3 is 0 Å². The van der Waals surface area contributed by atoms with Crippen molar-refractivity contribution in [1.82, 2.24) is 0 Å². The lowest BCUT2D eigenvalue weighted by atomic mass is 9.78. The highest BCUT2D eigenvalue weighted by Gasteiger charge is 2.20. The van der Waals surface area contributed by atoms with Crippen molar-refractivity contribution in [2.24, 2.45) is 65.0 Å². The Morgan fingerprint density at radius 1 is 0.322 bits per heavy atom. The Hall–Kier alpha value is -1.82. The number of hydrogen-bond acceptors (Lipinski definition) is 0. The van der Waals surface area contributed by atoms with Crippen LogP contribution in [0.5, 0.6) is 0 Å². The van der Waals surface area contributed by atoms with Gasteiger partial charge in [0.2, 0.25) is 0 Å². The second-order valence-corrected chi connectivity index (χ2v) is 37.7.